The van der Waals surface area contributed by atoms with Crippen LogP contribution < -0.4 is 10.6 Å². The van der Waals surface area contributed by atoms with Crippen LogP contribution in [0.2, 0.25) is 0 Å². The second kappa shape index (κ2) is 9.54. The summed E-state index contributed by atoms with van der Waals surface area (Å²) in [5.41, 5.74) is 1.54. The van der Waals surface area contributed by atoms with Crippen molar-refractivity contribution in [2.45, 2.75) is 12.8 Å². The molecular formula is C22H22N2O5. The highest BCUT2D eigenvalue weighted by Gasteiger charge is 2.32. The van der Waals surface area contributed by atoms with Crippen LogP contribution in [0.3, 0.4) is 0 Å². The number of anilines is 1. The van der Waals surface area contributed by atoms with E-state index in [-0.39, 0.29) is 24.0 Å². The number of nitrogens with one attached hydrogen (secondary N) is 2. The van der Waals surface area contributed by atoms with Crippen molar-refractivity contribution < 1.29 is 23.9 Å². The molecule has 0 unspecified atom stereocenters. The standard InChI is InChI=1S/C22H22N2O5/c1-15(16-8-4-2-5-9-16)12-23-19(26)14-29-22(27)20-18(25)13-28-21(20)24-17-10-6-3-7-11-17/h2-11,15,24H,12-14H2,1H3,(H,23,26)/t15-/m1/s1. The molecule has 1 amide bonds. The Bertz CT molecular complexity index is 909. The van der Waals surface area contributed by atoms with Crippen molar-refractivity contribution in [1.82, 2.24) is 5.32 Å². The number of carbonyl (C=O) groups excluding carboxylic acids is 3. The molecule has 29 heavy (non-hydrogen) atoms. The summed E-state index contributed by atoms with van der Waals surface area (Å²) < 4.78 is 10.3. The number of ether oxygens (including phenoxy) is 2. The van der Waals surface area contributed by atoms with Gasteiger partial charge in [0.1, 0.15) is 0 Å². The first-order valence-corrected chi connectivity index (χ1v) is 9.25. The molecular weight excluding hydrogens is 372 g/mol. The number of hydrogen-bond acceptors (Lipinski definition) is 6. The molecule has 1 atom stereocenters. The molecule has 0 saturated carbocycles. The van der Waals surface area contributed by atoms with Crippen LogP contribution in [0, 0.1) is 0 Å². The molecule has 0 aromatic heterocycles. The fraction of sp³-hybridized carbons (Fsp3) is 0.227. The molecule has 2 aromatic carbocycles. The van der Waals surface area contributed by atoms with E-state index in [2.05, 4.69) is 10.6 Å². The summed E-state index contributed by atoms with van der Waals surface area (Å²) in [6.45, 7) is 1.67. The average molecular weight is 394 g/mol. The lowest BCUT2D eigenvalue weighted by Gasteiger charge is -2.13. The number of rotatable bonds is 8. The number of hydrogen-bond donors (Lipinski definition) is 2. The second-order valence-electron chi connectivity index (χ2n) is 6.60. The Morgan fingerprint density at radius 1 is 1.07 bits per heavy atom. The highest BCUT2D eigenvalue weighted by molar-refractivity contribution is 6.20. The topological polar surface area (TPSA) is 93.7 Å². The third-order valence-corrected chi connectivity index (χ3v) is 4.40. The van der Waals surface area contributed by atoms with Gasteiger partial charge in [0.25, 0.3) is 5.91 Å². The van der Waals surface area contributed by atoms with Crippen LogP contribution in [-0.4, -0.2) is 37.4 Å². The van der Waals surface area contributed by atoms with Crippen molar-refractivity contribution in [3.05, 3.63) is 77.7 Å². The van der Waals surface area contributed by atoms with Gasteiger partial charge in [-0.2, -0.15) is 0 Å². The molecule has 1 aliphatic rings. The number of para-hydroxylation sites is 1. The quantitative estimate of drug-likeness (QED) is 0.527. The summed E-state index contributed by atoms with van der Waals surface area (Å²) in [6.07, 6.45) is 0. The van der Waals surface area contributed by atoms with Crippen molar-refractivity contribution >= 4 is 23.3 Å². The van der Waals surface area contributed by atoms with Crippen LogP contribution in [0.4, 0.5) is 5.69 Å². The van der Waals surface area contributed by atoms with E-state index in [0.29, 0.717) is 12.2 Å². The summed E-state index contributed by atoms with van der Waals surface area (Å²) in [7, 11) is 0. The van der Waals surface area contributed by atoms with Gasteiger partial charge in [-0.05, 0) is 23.6 Å². The van der Waals surface area contributed by atoms with Gasteiger partial charge < -0.3 is 20.1 Å². The minimum atomic E-state index is -0.891. The molecule has 7 heteroatoms. The van der Waals surface area contributed by atoms with Crippen LogP contribution in [0.25, 0.3) is 0 Å². The van der Waals surface area contributed by atoms with Gasteiger partial charge in [0, 0.05) is 12.2 Å². The monoisotopic (exact) mass is 394 g/mol. The van der Waals surface area contributed by atoms with Crippen LogP contribution in [0.15, 0.2) is 72.1 Å². The molecule has 1 aliphatic heterocycles. The van der Waals surface area contributed by atoms with Gasteiger partial charge in [0.05, 0.1) is 0 Å². The van der Waals surface area contributed by atoms with Gasteiger partial charge in [-0.1, -0.05) is 55.5 Å². The highest BCUT2D eigenvalue weighted by atomic mass is 16.5. The Morgan fingerprint density at radius 3 is 2.41 bits per heavy atom. The third-order valence-electron chi connectivity index (χ3n) is 4.40. The number of carbonyl (C=O) groups is 3. The fourth-order valence-corrected chi connectivity index (χ4v) is 2.79. The van der Waals surface area contributed by atoms with E-state index >= 15 is 0 Å². The average Bonchev–Trinajstić information content (AvgIpc) is 3.11. The van der Waals surface area contributed by atoms with E-state index in [1.807, 2.05) is 43.3 Å². The van der Waals surface area contributed by atoms with Gasteiger partial charge >= 0.3 is 5.97 Å². The second-order valence-corrected chi connectivity index (χ2v) is 6.60. The van der Waals surface area contributed by atoms with Crippen molar-refractivity contribution in [3.63, 3.8) is 0 Å². The Morgan fingerprint density at radius 2 is 1.72 bits per heavy atom. The molecule has 0 radical (unpaired) electrons. The minimum Gasteiger partial charge on any atom is -0.470 e. The predicted molar refractivity (Wildman–Crippen MR) is 107 cm³/mol. The molecule has 2 aromatic rings. The molecule has 1 heterocycles. The van der Waals surface area contributed by atoms with E-state index in [9.17, 15) is 14.4 Å². The lowest BCUT2D eigenvalue weighted by atomic mass is 10.0. The summed E-state index contributed by atoms with van der Waals surface area (Å²) in [4.78, 5) is 36.3. The summed E-state index contributed by atoms with van der Waals surface area (Å²) in [6, 6.07) is 18.7. The van der Waals surface area contributed by atoms with Crippen LogP contribution in [-0.2, 0) is 23.9 Å². The highest BCUT2D eigenvalue weighted by Crippen LogP contribution is 2.20. The van der Waals surface area contributed by atoms with E-state index in [0.717, 1.165) is 5.56 Å². The number of esters is 1. The predicted octanol–water partition coefficient (Wildman–Crippen LogP) is 2.37. The van der Waals surface area contributed by atoms with Crippen molar-refractivity contribution in [2.75, 3.05) is 25.1 Å². The van der Waals surface area contributed by atoms with Crippen molar-refractivity contribution in [1.29, 1.82) is 0 Å². The van der Waals surface area contributed by atoms with E-state index in [1.54, 1.807) is 24.3 Å². The van der Waals surface area contributed by atoms with Crippen LogP contribution in [0.1, 0.15) is 18.4 Å². The zero-order chi connectivity index (χ0) is 20.6. The van der Waals surface area contributed by atoms with Crippen LogP contribution in [0.5, 0.6) is 0 Å². The number of amides is 1. The third kappa shape index (κ3) is 5.44. The molecule has 150 valence electrons. The first-order valence-electron chi connectivity index (χ1n) is 9.25. The van der Waals surface area contributed by atoms with Gasteiger partial charge in [-0.15, -0.1) is 0 Å². The van der Waals surface area contributed by atoms with E-state index in [1.165, 1.54) is 0 Å². The molecule has 0 bridgehead atoms. The maximum atomic E-state index is 12.3. The van der Waals surface area contributed by atoms with Gasteiger partial charge in [-0.3, -0.25) is 9.59 Å². The number of benzene rings is 2. The Hall–Kier alpha value is -3.61. The zero-order valence-electron chi connectivity index (χ0n) is 16.0. The van der Waals surface area contributed by atoms with E-state index < -0.39 is 24.3 Å². The summed E-state index contributed by atoms with van der Waals surface area (Å²) in [5, 5.41) is 5.61. The van der Waals surface area contributed by atoms with Crippen molar-refractivity contribution in [3.8, 4) is 0 Å². The molecule has 2 N–H and O–H groups in total. The number of Topliss-reactive ketones (excluding diaryl/α,β-unsaturated/α-hetero) is 1. The molecule has 3 rings (SSSR count). The maximum absolute atomic E-state index is 12.3. The Kier molecular flexibility index (Phi) is 6.63. The largest absolute Gasteiger partial charge is 0.470 e. The summed E-state index contributed by atoms with van der Waals surface area (Å²) >= 11 is 0. The van der Waals surface area contributed by atoms with Gasteiger partial charge in [-0.25, -0.2) is 4.79 Å². The normalized spacial score (nSPS) is 14.2. The first kappa shape index (κ1) is 20.1. The molecule has 0 aliphatic carbocycles. The SMILES string of the molecule is C[C@H](CNC(=O)COC(=O)C1=C(Nc2ccccc2)OCC1=O)c1ccccc1. The first-order chi connectivity index (χ1) is 14.0. The zero-order valence-corrected chi connectivity index (χ0v) is 16.0. The van der Waals surface area contributed by atoms with Gasteiger partial charge in [0.15, 0.2) is 18.8 Å². The minimum absolute atomic E-state index is 0.0318. The Labute approximate surface area is 168 Å². The van der Waals surface area contributed by atoms with Crippen LogP contribution >= 0.6 is 0 Å². The maximum Gasteiger partial charge on any atom is 0.347 e. The lowest BCUT2D eigenvalue weighted by Crippen LogP contribution is -2.32. The lowest BCUT2D eigenvalue weighted by molar-refractivity contribution is -0.145. The smallest absolute Gasteiger partial charge is 0.347 e. The molecule has 0 spiro atoms. The fourth-order valence-electron chi connectivity index (χ4n) is 2.79. The molecule has 0 fully saturated rings. The number of ketones is 1. The Balaban J connectivity index is 1.52. The molecule has 7 nitrogen and oxygen atoms in total. The summed E-state index contributed by atoms with van der Waals surface area (Å²) in [5.74, 6) is -1.68. The molecule has 0 saturated heterocycles. The van der Waals surface area contributed by atoms with E-state index in [4.69, 9.17) is 9.47 Å². The van der Waals surface area contributed by atoms with Gasteiger partial charge in [0.2, 0.25) is 11.7 Å². The van der Waals surface area contributed by atoms with Crippen molar-refractivity contribution in [2.24, 2.45) is 0 Å².